The second kappa shape index (κ2) is 11.1. The number of aryl methyl sites for hydroxylation is 1. The molecule has 0 fully saturated rings. The van der Waals surface area contributed by atoms with Gasteiger partial charge < -0.3 is 10.1 Å². The van der Waals surface area contributed by atoms with E-state index in [-0.39, 0.29) is 5.91 Å². The Kier molecular flexibility index (Phi) is 8.19. The lowest BCUT2D eigenvalue weighted by atomic mass is 9.95. The van der Waals surface area contributed by atoms with E-state index in [0.29, 0.717) is 28.1 Å². The molecule has 3 rings (SSSR count). The summed E-state index contributed by atoms with van der Waals surface area (Å²) >= 11 is 3.39. The van der Waals surface area contributed by atoms with Gasteiger partial charge in [0.15, 0.2) is 0 Å². The van der Waals surface area contributed by atoms with Gasteiger partial charge in [0.1, 0.15) is 5.75 Å². The molecule has 0 aromatic heterocycles. The average Bonchev–Trinajstić information content (AvgIpc) is 2.81. The standard InChI is InChI=1S/C27H26BrN3O4/c1-17-5-7-19(8-6-17)25(33)35-23-14-11-21(28)15-20(23)16-29-31-24(32)18-9-12-22(13-10-18)30-26(34)27(2,3)4/h5-16H,1-4H3,(H,30,34)(H,31,32). The first kappa shape index (κ1) is 25.8. The van der Waals surface area contributed by atoms with Gasteiger partial charge in [-0.15, -0.1) is 0 Å². The van der Waals surface area contributed by atoms with Gasteiger partial charge in [-0.1, -0.05) is 54.4 Å². The zero-order valence-corrected chi connectivity index (χ0v) is 21.5. The number of benzene rings is 3. The second-order valence-corrected chi connectivity index (χ2v) is 9.83. The molecule has 0 spiro atoms. The van der Waals surface area contributed by atoms with Crippen molar-refractivity contribution in [3.8, 4) is 5.75 Å². The van der Waals surface area contributed by atoms with Crippen molar-refractivity contribution in [2.45, 2.75) is 27.7 Å². The van der Waals surface area contributed by atoms with Crippen molar-refractivity contribution < 1.29 is 19.1 Å². The Labute approximate surface area is 212 Å². The van der Waals surface area contributed by atoms with Crippen LogP contribution in [0, 0.1) is 12.3 Å². The molecule has 7 nitrogen and oxygen atoms in total. The number of hydrogen-bond donors (Lipinski definition) is 2. The molecule has 0 saturated heterocycles. The number of carbonyl (C=O) groups excluding carboxylic acids is 3. The number of carbonyl (C=O) groups is 3. The topological polar surface area (TPSA) is 96.9 Å². The summed E-state index contributed by atoms with van der Waals surface area (Å²) < 4.78 is 6.30. The lowest BCUT2D eigenvalue weighted by molar-refractivity contribution is -0.123. The van der Waals surface area contributed by atoms with Crippen LogP contribution in [0.2, 0.25) is 0 Å². The Hall–Kier alpha value is -3.78. The third kappa shape index (κ3) is 7.35. The number of anilines is 1. The molecule has 0 unspecified atom stereocenters. The summed E-state index contributed by atoms with van der Waals surface area (Å²) in [4.78, 5) is 37.1. The van der Waals surface area contributed by atoms with Gasteiger partial charge in [-0.25, -0.2) is 10.2 Å². The molecule has 0 atom stereocenters. The summed E-state index contributed by atoms with van der Waals surface area (Å²) in [6, 6.07) is 18.7. The predicted octanol–water partition coefficient (Wildman–Crippen LogP) is 5.73. The van der Waals surface area contributed by atoms with E-state index >= 15 is 0 Å². The van der Waals surface area contributed by atoms with Gasteiger partial charge in [0.25, 0.3) is 5.91 Å². The number of hydrogen-bond acceptors (Lipinski definition) is 5. The summed E-state index contributed by atoms with van der Waals surface area (Å²) in [6.45, 7) is 7.40. The fourth-order valence-electron chi connectivity index (χ4n) is 2.81. The van der Waals surface area contributed by atoms with Crippen LogP contribution in [-0.2, 0) is 4.79 Å². The van der Waals surface area contributed by atoms with Crippen LogP contribution in [0.5, 0.6) is 5.75 Å². The third-order valence-corrected chi connectivity index (χ3v) is 5.41. The van der Waals surface area contributed by atoms with Gasteiger partial charge in [-0.05, 0) is 61.5 Å². The molecule has 180 valence electrons. The summed E-state index contributed by atoms with van der Waals surface area (Å²) in [5, 5.41) is 6.82. The number of ether oxygens (including phenoxy) is 1. The molecular formula is C27H26BrN3O4. The van der Waals surface area contributed by atoms with E-state index in [4.69, 9.17) is 4.74 Å². The van der Waals surface area contributed by atoms with E-state index in [1.807, 2.05) is 39.8 Å². The molecule has 2 amide bonds. The van der Waals surface area contributed by atoms with Gasteiger partial charge in [-0.2, -0.15) is 5.10 Å². The number of amides is 2. The second-order valence-electron chi connectivity index (χ2n) is 8.92. The van der Waals surface area contributed by atoms with Gasteiger partial charge in [0.2, 0.25) is 5.91 Å². The van der Waals surface area contributed by atoms with Crippen molar-refractivity contribution in [3.05, 3.63) is 93.5 Å². The molecule has 2 N–H and O–H groups in total. The minimum absolute atomic E-state index is 0.118. The predicted molar refractivity (Wildman–Crippen MR) is 140 cm³/mol. The van der Waals surface area contributed by atoms with Crippen LogP contribution in [0.25, 0.3) is 0 Å². The molecule has 8 heteroatoms. The van der Waals surface area contributed by atoms with Crippen LogP contribution in [0.15, 0.2) is 76.3 Å². The highest BCUT2D eigenvalue weighted by molar-refractivity contribution is 9.10. The minimum atomic E-state index is -0.523. The first-order valence-corrected chi connectivity index (χ1v) is 11.7. The maximum atomic E-state index is 12.5. The zero-order valence-electron chi connectivity index (χ0n) is 19.9. The normalized spacial score (nSPS) is 11.2. The molecule has 3 aromatic carbocycles. The number of nitrogens with one attached hydrogen (secondary N) is 2. The van der Waals surface area contributed by atoms with Crippen LogP contribution in [0.1, 0.15) is 52.6 Å². The SMILES string of the molecule is Cc1ccc(C(=O)Oc2ccc(Br)cc2C=NNC(=O)c2ccc(NC(=O)C(C)(C)C)cc2)cc1. The highest BCUT2D eigenvalue weighted by Gasteiger charge is 2.21. The fourth-order valence-corrected chi connectivity index (χ4v) is 3.19. The van der Waals surface area contributed by atoms with E-state index in [0.717, 1.165) is 10.0 Å². The van der Waals surface area contributed by atoms with Crippen LogP contribution < -0.4 is 15.5 Å². The summed E-state index contributed by atoms with van der Waals surface area (Å²) in [6.07, 6.45) is 1.40. The molecule has 3 aromatic rings. The molecule has 0 saturated carbocycles. The first-order chi connectivity index (χ1) is 16.5. The molecule has 0 heterocycles. The largest absolute Gasteiger partial charge is 0.422 e. The van der Waals surface area contributed by atoms with Crippen LogP contribution in [0.4, 0.5) is 5.69 Å². The van der Waals surface area contributed by atoms with Crippen LogP contribution in [-0.4, -0.2) is 24.0 Å². The molecule has 0 aliphatic rings. The van der Waals surface area contributed by atoms with Crippen molar-refractivity contribution in [1.29, 1.82) is 0 Å². The smallest absolute Gasteiger partial charge is 0.343 e. The van der Waals surface area contributed by atoms with Crippen LogP contribution in [0.3, 0.4) is 0 Å². The fraction of sp³-hybridized carbons (Fsp3) is 0.185. The van der Waals surface area contributed by atoms with Gasteiger partial charge >= 0.3 is 5.97 Å². The Morgan fingerprint density at radius 3 is 2.17 bits per heavy atom. The third-order valence-electron chi connectivity index (χ3n) is 4.92. The summed E-state index contributed by atoms with van der Waals surface area (Å²) in [7, 11) is 0. The molecule has 0 radical (unpaired) electrons. The maximum Gasteiger partial charge on any atom is 0.343 e. The maximum absolute atomic E-state index is 12.5. The number of esters is 1. The number of halogens is 1. The van der Waals surface area contributed by atoms with Gasteiger partial charge in [0, 0.05) is 26.7 Å². The quantitative estimate of drug-likeness (QED) is 0.182. The molecule has 0 aliphatic carbocycles. The monoisotopic (exact) mass is 535 g/mol. The lowest BCUT2D eigenvalue weighted by Crippen LogP contribution is -2.27. The number of rotatable bonds is 6. The van der Waals surface area contributed by atoms with E-state index < -0.39 is 17.3 Å². The Balaban J connectivity index is 1.66. The van der Waals surface area contributed by atoms with Crippen molar-refractivity contribution in [2.24, 2.45) is 10.5 Å². The van der Waals surface area contributed by atoms with Crippen molar-refractivity contribution >= 4 is 45.6 Å². The van der Waals surface area contributed by atoms with E-state index in [9.17, 15) is 14.4 Å². The van der Waals surface area contributed by atoms with Crippen LogP contribution >= 0.6 is 15.9 Å². The lowest BCUT2D eigenvalue weighted by Gasteiger charge is -2.17. The summed E-state index contributed by atoms with van der Waals surface area (Å²) in [5.41, 5.74) is 4.87. The molecule has 0 aliphatic heterocycles. The number of nitrogens with zero attached hydrogens (tertiary/aromatic N) is 1. The summed E-state index contributed by atoms with van der Waals surface area (Å²) in [5.74, 6) is -0.740. The highest BCUT2D eigenvalue weighted by atomic mass is 79.9. The molecule has 35 heavy (non-hydrogen) atoms. The first-order valence-electron chi connectivity index (χ1n) is 10.9. The van der Waals surface area contributed by atoms with Gasteiger partial charge in [0.05, 0.1) is 11.8 Å². The van der Waals surface area contributed by atoms with Crippen molar-refractivity contribution in [3.63, 3.8) is 0 Å². The van der Waals surface area contributed by atoms with Gasteiger partial charge in [-0.3, -0.25) is 9.59 Å². The highest BCUT2D eigenvalue weighted by Crippen LogP contribution is 2.23. The van der Waals surface area contributed by atoms with E-state index in [1.54, 1.807) is 54.6 Å². The minimum Gasteiger partial charge on any atom is -0.422 e. The zero-order chi connectivity index (χ0) is 25.6. The van der Waals surface area contributed by atoms with E-state index in [2.05, 4.69) is 31.8 Å². The van der Waals surface area contributed by atoms with Crippen molar-refractivity contribution in [1.82, 2.24) is 5.43 Å². The average molecular weight is 536 g/mol. The van der Waals surface area contributed by atoms with Crippen molar-refractivity contribution in [2.75, 3.05) is 5.32 Å². The molecule has 0 bridgehead atoms. The Bertz CT molecular complexity index is 1260. The number of hydrazone groups is 1. The molecular weight excluding hydrogens is 510 g/mol. The Morgan fingerprint density at radius 1 is 0.914 bits per heavy atom. The van der Waals surface area contributed by atoms with E-state index in [1.165, 1.54) is 6.21 Å². The Morgan fingerprint density at radius 2 is 1.54 bits per heavy atom.